The van der Waals surface area contributed by atoms with E-state index in [0.717, 1.165) is 31.1 Å². The summed E-state index contributed by atoms with van der Waals surface area (Å²) in [5.74, 6) is -5.66. The van der Waals surface area contributed by atoms with Gasteiger partial charge in [0.2, 0.25) is 11.8 Å². The van der Waals surface area contributed by atoms with Crippen molar-refractivity contribution in [2.45, 2.75) is 103 Å². The summed E-state index contributed by atoms with van der Waals surface area (Å²) in [5, 5.41) is 19.5. The van der Waals surface area contributed by atoms with Crippen LogP contribution in [0.1, 0.15) is 118 Å². The van der Waals surface area contributed by atoms with Gasteiger partial charge < -0.3 is 35.4 Å². The molecule has 2 aromatic heterocycles. The van der Waals surface area contributed by atoms with Gasteiger partial charge in [-0.1, -0.05) is 69.6 Å². The van der Waals surface area contributed by atoms with Crippen molar-refractivity contribution in [1.29, 1.82) is 0 Å². The smallest absolute Gasteiger partial charge is 0.329 e. The lowest BCUT2D eigenvalue weighted by molar-refractivity contribution is -0.145. The molecular weight excluding hydrogens is 1030 g/mol. The van der Waals surface area contributed by atoms with Crippen LogP contribution in [-0.4, -0.2) is 118 Å². The molecule has 5 aliphatic rings. The minimum atomic E-state index is -1.16. The summed E-state index contributed by atoms with van der Waals surface area (Å²) in [6, 6.07) is 11.2. The Morgan fingerprint density at radius 3 is 2.33 bits per heavy atom. The Morgan fingerprint density at radius 2 is 1.67 bits per heavy atom. The van der Waals surface area contributed by atoms with Gasteiger partial charge in [0.25, 0.3) is 11.8 Å². The van der Waals surface area contributed by atoms with E-state index in [4.69, 9.17) is 26.8 Å². The molecular formula is C57H66ClF4N9O7. The van der Waals surface area contributed by atoms with Crippen LogP contribution in [0.25, 0.3) is 22.0 Å². The van der Waals surface area contributed by atoms with Gasteiger partial charge in [-0.15, -0.1) is 0 Å². The van der Waals surface area contributed by atoms with Crippen molar-refractivity contribution in [2.75, 3.05) is 63.9 Å². The fraction of sp³-hybridized carbons (Fsp3) is 0.509. The van der Waals surface area contributed by atoms with Gasteiger partial charge in [0, 0.05) is 105 Å². The number of likely N-dealkylation sites (tertiary alicyclic amines) is 2. The number of benzene rings is 3. The van der Waals surface area contributed by atoms with E-state index in [0.29, 0.717) is 69.8 Å². The number of nitrogens with two attached hydrogens (primary N) is 1. The number of carbonyl (C=O) groups is 4. The molecule has 78 heavy (non-hydrogen) atoms. The van der Waals surface area contributed by atoms with E-state index in [9.17, 15) is 24.3 Å². The van der Waals surface area contributed by atoms with Gasteiger partial charge in [0.05, 0.1) is 22.6 Å². The van der Waals surface area contributed by atoms with Crippen LogP contribution in [0.2, 0.25) is 5.02 Å². The Hall–Kier alpha value is -6.35. The number of ether oxygens (including phenoxy) is 2. The molecule has 5 amide bonds. The maximum absolute atomic E-state index is 16.6. The summed E-state index contributed by atoms with van der Waals surface area (Å²) in [6.45, 7) is 11.0. The Labute approximate surface area is 454 Å². The highest BCUT2D eigenvalue weighted by atomic mass is 35.5. The lowest BCUT2D eigenvalue weighted by Crippen LogP contribution is -2.52. The zero-order chi connectivity index (χ0) is 55.6. The van der Waals surface area contributed by atoms with E-state index >= 15 is 17.6 Å². The number of aromatic nitrogens is 3. The Morgan fingerprint density at radius 1 is 0.949 bits per heavy atom. The lowest BCUT2D eigenvalue weighted by Gasteiger charge is -2.47. The molecule has 6 heterocycles. The highest BCUT2D eigenvalue weighted by Crippen LogP contribution is 2.57. The Kier molecular flexibility index (Phi) is 15.1. The molecule has 3 atom stereocenters. The summed E-state index contributed by atoms with van der Waals surface area (Å²) in [7, 11) is 1.56. The standard InChI is InChI=1S/C57H66ClF4N9O7/c1-31-42-40(26-39(60)46(58)45(42)43-36(50(63)74)27-64-52(48(43)62)77-24-23-72)78-57(31,33-9-7-6-8-10-33)29-65-34-11-17-56(4,18-12-34)53(75)70-20-13-32(14-21-70)28-69-19-15-37(55(2,3)30-69)44-38(59)25-35-49(47(44)61)68(5)67-51(35)71-22-16-41(73)66-54(71)76/h6-10,25-27,31-32,34,37,65,72H,11-24,28-30H2,1-5H3,(H2,63,74)(H,66,73,76)/t31-,34?,37+,56?,57-/m0/s1. The number of piperidine rings is 2. The minimum absolute atomic E-state index is 0.00248. The molecule has 1 aliphatic carbocycles. The third-order valence-electron chi connectivity index (χ3n) is 17.4. The number of anilines is 1. The molecule has 4 aliphatic heterocycles. The van der Waals surface area contributed by atoms with Crippen LogP contribution in [0.3, 0.4) is 0 Å². The number of hydrogen-bond donors (Lipinski definition) is 4. The molecule has 16 nitrogen and oxygen atoms in total. The van der Waals surface area contributed by atoms with Crippen molar-refractivity contribution >= 4 is 52.1 Å². The topological polar surface area (TPSA) is 197 Å². The summed E-state index contributed by atoms with van der Waals surface area (Å²) >= 11 is 6.72. The summed E-state index contributed by atoms with van der Waals surface area (Å²) in [4.78, 5) is 61.2. The highest BCUT2D eigenvalue weighted by molar-refractivity contribution is 6.34. The average molecular weight is 1100 g/mol. The van der Waals surface area contributed by atoms with Crippen LogP contribution in [0, 0.1) is 40.0 Å². The van der Waals surface area contributed by atoms with Gasteiger partial charge in [-0.25, -0.2) is 27.3 Å². The number of fused-ring (bicyclic) bond motifs is 2. The van der Waals surface area contributed by atoms with Gasteiger partial charge in [0.1, 0.15) is 29.5 Å². The molecule has 0 radical (unpaired) electrons. The first-order chi connectivity index (χ1) is 37.2. The van der Waals surface area contributed by atoms with Crippen molar-refractivity contribution in [3.05, 3.63) is 99.2 Å². The van der Waals surface area contributed by atoms with E-state index in [1.807, 2.05) is 56.0 Å². The van der Waals surface area contributed by atoms with Crippen molar-refractivity contribution in [2.24, 2.45) is 29.5 Å². The molecule has 5 N–H and O–H groups in total. The largest absolute Gasteiger partial charge is 0.480 e. The summed E-state index contributed by atoms with van der Waals surface area (Å²) in [5.41, 5.74) is 3.92. The predicted octanol–water partition coefficient (Wildman–Crippen LogP) is 8.45. The number of amides is 5. The van der Waals surface area contributed by atoms with Crippen LogP contribution in [-0.2, 0) is 22.2 Å². The predicted molar refractivity (Wildman–Crippen MR) is 284 cm³/mol. The van der Waals surface area contributed by atoms with Crippen LogP contribution in [0.15, 0.2) is 48.7 Å². The van der Waals surface area contributed by atoms with Crippen LogP contribution in [0.4, 0.5) is 28.2 Å². The molecule has 416 valence electrons. The van der Waals surface area contributed by atoms with Crippen molar-refractivity contribution < 1.29 is 51.3 Å². The number of aryl methyl sites for hydroxylation is 1. The molecule has 0 unspecified atom stereocenters. The second-order valence-electron chi connectivity index (χ2n) is 22.8. The third kappa shape index (κ3) is 9.84. The maximum atomic E-state index is 16.6. The quantitative estimate of drug-likeness (QED) is 0.0779. The summed E-state index contributed by atoms with van der Waals surface area (Å²) in [6.07, 6.45) is 6.02. The number of primary amides is 1. The number of aliphatic hydroxyl groups excluding tert-OH is 1. The number of pyridine rings is 1. The van der Waals surface area contributed by atoms with E-state index in [2.05, 4.69) is 32.5 Å². The maximum Gasteiger partial charge on any atom is 0.329 e. The van der Waals surface area contributed by atoms with Crippen LogP contribution < -0.4 is 30.7 Å². The van der Waals surface area contributed by atoms with Gasteiger partial charge >= 0.3 is 6.03 Å². The number of rotatable bonds is 14. The number of carbonyl (C=O) groups excluding carboxylic acids is 4. The Bertz CT molecular complexity index is 3180. The number of nitrogens with one attached hydrogen (secondary N) is 2. The van der Waals surface area contributed by atoms with Crippen molar-refractivity contribution in [1.82, 2.24) is 35.2 Å². The zero-order valence-electron chi connectivity index (χ0n) is 44.5. The number of hydrogen-bond acceptors (Lipinski definition) is 11. The number of nitrogens with zero attached hydrogens (tertiary/aromatic N) is 6. The molecule has 3 aromatic carbocycles. The second-order valence-corrected chi connectivity index (χ2v) is 23.2. The zero-order valence-corrected chi connectivity index (χ0v) is 45.3. The number of aliphatic hydroxyl groups is 1. The average Bonchev–Trinajstić information content (AvgIpc) is 4.13. The van der Waals surface area contributed by atoms with Gasteiger partial charge in [-0.3, -0.25) is 29.3 Å². The number of imide groups is 1. The molecule has 21 heteroatoms. The Balaban J connectivity index is 0.765. The van der Waals surface area contributed by atoms with Crippen LogP contribution in [0.5, 0.6) is 11.6 Å². The molecule has 0 spiro atoms. The normalized spacial score (nSPS) is 24.8. The van der Waals surface area contributed by atoms with Gasteiger partial charge in [-0.05, 0) is 80.4 Å². The van der Waals surface area contributed by atoms with Crippen molar-refractivity contribution in [3.63, 3.8) is 0 Å². The van der Waals surface area contributed by atoms with Gasteiger partial charge in [0.15, 0.2) is 23.1 Å². The first-order valence-corrected chi connectivity index (χ1v) is 27.2. The van der Waals surface area contributed by atoms with E-state index in [-0.39, 0.29) is 77.2 Å². The van der Waals surface area contributed by atoms with Crippen LogP contribution >= 0.6 is 11.6 Å². The molecule has 10 rings (SSSR count). The van der Waals surface area contributed by atoms with E-state index in [1.165, 1.54) is 21.7 Å². The van der Waals surface area contributed by atoms with Crippen molar-refractivity contribution in [3.8, 4) is 22.8 Å². The third-order valence-corrected chi connectivity index (χ3v) is 17.8. The number of halogens is 5. The lowest BCUT2D eigenvalue weighted by atomic mass is 9.70. The molecule has 0 bridgehead atoms. The minimum Gasteiger partial charge on any atom is -0.480 e. The van der Waals surface area contributed by atoms with E-state index in [1.54, 1.807) is 7.05 Å². The number of urea groups is 1. The first kappa shape index (κ1) is 55.0. The molecule has 1 saturated carbocycles. The SMILES string of the molecule is C[C@H]1c2c(cc(F)c(Cl)c2-c2c(C(N)=O)cnc(OCCO)c2F)O[C@]1(CNC1CCC(C)(C(=O)N2CCC(CN3CC[C@H](c4c(F)cc5c(N6CCC(=O)NC6=O)nn(C)c5c4F)C(C)(C)C3)CC2)CC1)c1ccccc1. The fourth-order valence-electron chi connectivity index (χ4n) is 13.2. The molecule has 4 fully saturated rings. The highest BCUT2D eigenvalue weighted by Gasteiger charge is 2.51. The van der Waals surface area contributed by atoms with Gasteiger partial charge in [-0.2, -0.15) is 5.10 Å². The van der Waals surface area contributed by atoms with E-state index < -0.39 is 92.5 Å². The second kappa shape index (κ2) is 21.4. The molecule has 3 saturated heterocycles. The monoisotopic (exact) mass is 1100 g/mol. The first-order valence-electron chi connectivity index (χ1n) is 26.9. The molecule has 5 aromatic rings. The fourth-order valence-corrected chi connectivity index (χ4v) is 13.4. The summed E-state index contributed by atoms with van der Waals surface area (Å²) < 4.78 is 78.7.